The first-order chi connectivity index (χ1) is 18.1. The Kier molecular flexibility index (Phi) is 11.0. The first-order valence-electron chi connectivity index (χ1n) is 14.0. The van der Waals surface area contributed by atoms with Crippen LogP contribution in [0.3, 0.4) is 0 Å². The van der Waals surface area contributed by atoms with E-state index < -0.39 is 15.1 Å². The molecule has 3 nitrogen and oxygen atoms in total. The topological polar surface area (TPSA) is 43.4 Å². The third kappa shape index (κ3) is 8.73. The predicted molar refractivity (Wildman–Crippen MR) is 161 cm³/mol. The van der Waals surface area contributed by atoms with Crippen molar-refractivity contribution in [2.75, 3.05) is 7.11 Å². The summed E-state index contributed by atoms with van der Waals surface area (Å²) in [5.41, 5.74) is 7.63. The lowest BCUT2D eigenvalue weighted by molar-refractivity contribution is 0.407. The van der Waals surface area contributed by atoms with Crippen molar-refractivity contribution in [1.29, 1.82) is 0 Å². The highest BCUT2D eigenvalue weighted by Crippen LogP contribution is 2.34. The summed E-state index contributed by atoms with van der Waals surface area (Å²) in [4.78, 5) is 0.424. The number of hydrogen-bond acceptors (Lipinski definition) is 3. The van der Waals surface area contributed by atoms with Gasteiger partial charge in [0.2, 0.25) is 0 Å². The summed E-state index contributed by atoms with van der Waals surface area (Å²) >= 11 is 0. The van der Waals surface area contributed by atoms with Crippen LogP contribution in [-0.2, 0) is 22.7 Å². The van der Waals surface area contributed by atoms with Crippen molar-refractivity contribution in [3.05, 3.63) is 94.1 Å². The second-order valence-corrected chi connectivity index (χ2v) is 13.5. The monoisotopic (exact) mass is 534 g/mol. The van der Waals surface area contributed by atoms with E-state index >= 15 is 0 Å². The van der Waals surface area contributed by atoms with Gasteiger partial charge in [-0.1, -0.05) is 58.7 Å². The molecule has 2 atom stereocenters. The number of ether oxygens (including phenoxy) is 1. The molecule has 0 heterocycles. The molecule has 4 heteroatoms. The molecule has 38 heavy (non-hydrogen) atoms. The molecule has 0 radical (unpaired) electrons. The van der Waals surface area contributed by atoms with Crippen LogP contribution in [0.1, 0.15) is 82.9 Å². The molecule has 2 aromatic rings. The predicted octanol–water partition coefficient (Wildman–Crippen LogP) is 8.76. The van der Waals surface area contributed by atoms with Gasteiger partial charge in [-0.25, -0.2) is 8.42 Å². The van der Waals surface area contributed by atoms with Gasteiger partial charge >= 0.3 is 0 Å². The molecule has 0 spiro atoms. The van der Waals surface area contributed by atoms with Gasteiger partial charge in [-0.2, -0.15) is 0 Å². The van der Waals surface area contributed by atoms with Crippen LogP contribution in [0.2, 0.25) is 0 Å². The Morgan fingerprint density at radius 3 is 2.32 bits per heavy atom. The zero-order chi connectivity index (χ0) is 27.7. The highest BCUT2D eigenvalue weighted by Gasteiger charge is 2.30. The molecule has 1 aliphatic rings. The molecule has 3 rings (SSSR count). The van der Waals surface area contributed by atoms with E-state index in [4.69, 9.17) is 4.74 Å². The van der Waals surface area contributed by atoms with Crippen LogP contribution >= 0.6 is 0 Å². The van der Waals surface area contributed by atoms with Gasteiger partial charge in [0, 0.05) is 0 Å². The third-order valence-corrected chi connectivity index (χ3v) is 9.71. The van der Waals surface area contributed by atoms with Crippen LogP contribution in [0.5, 0.6) is 5.75 Å². The van der Waals surface area contributed by atoms with Crippen molar-refractivity contribution in [2.24, 2.45) is 5.92 Å². The average Bonchev–Trinajstić information content (AvgIpc) is 2.88. The molecule has 0 saturated heterocycles. The molecule has 2 aromatic carbocycles. The van der Waals surface area contributed by atoms with E-state index in [9.17, 15) is 8.42 Å². The Bertz CT molecular complexity index is 1260. The summed E-state index contributed by atoms with van der Waals surface area (Å²) in [6.07, 6.45) is 14.2. The molecular weight excluding hydrogens is 488 g/mol. The fourth-order valence-corrected chi connectivity index (χ4v) is 7.09. The largest absolute Gasteiger partial charge is 0.497 e. The molecule has 0 bridgehead atoms. The number of benzene rings is 2. The van der Waals surface area contributed by atoms with Gasteiger partial charge in [-0.3, -0.25) is 0 Å². The first kappa shape index (κ1) is 30.0. The normalized spacial score (nSPS) is 17.1. The zero-order valence-corrected chi connectivity index (χ0v) is 25.0. The molecule has 1 aliphatic carbocycles. The Labute approximate surface area is 231 Å². The molecular formula is C34H46O3S. The van der Waals surface area contributed by atoms with E-state index in [-0.39, 0.29) is 0 Å². The number of sulfone groups is 1. The van der Waals surface area contributed by atoms with E-state index in [0.29, 0.717) is 17.2 Å². The SMILES string of the molecule is COc1ccc2c(c1)CCC(CC(C=C(C)CCC=C(C)CCC=C(C)C)S(=O)(=O)c1ccc(C)cc1)C2. The summed E-state index contributed by atoms with van der Waals surface area (Å²) in [6.45, 7) is 10.5. The van der Waals surface area contributed by atoms with E-state index in [1.807, 2.05) is 31.2 Å². The summed E-state index contributed by atoms with van der Waals surface area (Å²) in [5.74, 6) is 1.23. The van der Waals surface area contributed by atoms with Gasteiger partial charge in [-0.05, 0) is 127 Å². The van der Waals surface area contributed by atoms with Crippen molar-refractivity contribution >= 4 is 9.84 Å². The summed E-state index contributed by atoms with van der Waals surface area (Å²) in [7, 11) is -1.78. The summed E-state index contributed by atoms with van der Waals surface area (Å²) in [6, 6.07) is 13.6. The Hall–Kier alpha value is -2.59. The van der Waals surface area contributed by atoms with Crippen LogP contribution in [-0.4, -0.2) is 20.8 Å². The number of rotatable bonds is 12. The van der Waals surface area contributed by atoms with Crippen molar-refractivity contribution < 1.29 is 13.2 Å². The fraction of sp³-hybridized carbons (Fsp3) is 0.471. The smallest absolute Gasteiger partial charge is 0.184 e. The van der Waals surface area contributed by atoms with Crippen LogP contribution in [0.25, 0.3) is 0 Å². The van der Waals surface area contributed by atoms with Crippen molar-refractivity contribution in [3.8, 4) is 5.75 Å². The van der Waals surface area contributed by atoms with Crippen LogP contribution < -0.4 is 4.74 Å². The van der Waals surface area contributed by atoms with Gasteiger partial charge in [-0.15, -0.1) is 0 Å². The third-order valence-electron chi connectivity index (χ3n) is 7.65. The molecule has 206 valence electrons. The number of fused-ring (bicyclic) bond motifs is 1. The lowest BCUT2D eigenvalue weighted by Crippen LogP contribution is -2.26. The molecule has 0 N–H and O–H groups in total. The number of hydrogen-bond donors (Lipinski definition) is 0. The molecule has 2 unspecified atom stereocenters. The van der Waals surface area contributed by atoms with E-state index in [1.54, 1.807) is 19.2 Å². The Balaban J connectivity index is 1.76. The maximum Gasteiger partial charge on any atom is 0.184 e. The minimum Gasteiger partial charge on any atom is -0.497 e. The van der Waals surface area contributed by atoms with E-state index in [2.05, 4.69) is 52.0 Å². The summed E-state index contributed by atoms with van der Waals surface area (Å²) in [5, 5.41) is -0.516. The first-order valence-corrected chi connectivity index (χ1v) is 15.6. The minimum atomic E-state index is -3.48. The second-order valence-electron chi connectivity index (χ2n) is 11.3. The van der Waals surface area contributed by atoms with Gasteiger partial charge in [0.25, 0.3) is 0 Å². The fourth-order valence-electron chi connectivity index (χ4n) is 5.29. The zero-order valence-electron chi connectivity index (χ0n) is 24.2. The van der Waals surface area contributed by atoms with E-state index in [0.717, 1.165) is 61.8 Å². The molecule has 0 fully saturated rings. The van der Waals surface area contributed by atoms with Gasteiger partial charge in [0.05, 0.1) is 17.3 Å². The number of aryl methyl sites for hydroxylation is 2. The quantitative estimate of drug-likeness (QED) is 0.256. The van der Waals surface area contributed by atoms with Gasteiger partial charge in [0.1, 0.15) is 5.75 Å². The Morgan fingerprint density at radius 2 is 1.63 bits per heavy atom. The summed E-state index contributed by atoms with van der Waals surface area (Å²) < 4.78 is 33.1. The Morgan fingerprint density at radius 1 is 0.947 bits per heavy atom. The van der Waals surface area contributed by atoms with Crippen molar-refractivity contribution in [1.82, 2.24) is 0 Å². The molecule has 0 aromatic heterocycles. The van der Waals surface area contributed by atoms with E-state index in [1.165, 1.54) is 22.3 Å². The molecule has 0 amide bonds. The molecule has 0 saturated carbocycles. The highest BCUT2D eigenvalue weighted by molar-refractivity contribution is 7.92. The standard InChI is InChI=1S/C34H46O3S/c1-25(2)9-7-10-26(3)11-8-12-28(5)21-34(38(35,36)33-19-13-27(4)14-20-33)23-29-15-16-31-24-32(37-6)18-17-30(31)22-29/h9,11,13-14,17-21,24,29,34H,7-8,10,12,15-16,22-23H2,1-6H3. The van der Waals surface area contributed by atoms with Crippen molar-refractivity contribution in [3.63, 3.8) is 0 Å². The number of methoxy groups -OCH3 is 1. The van der Waals surface area contributed by atoms with Crippen LogP contribution in [0, 0.1) is 12.8 Å². The average molecular weight is 535 g/mol. The lowest BCUT2D eigenvalue weighted by atomic mass is 9.81. The molecule has 0 aliphatic heterocycles. The van der Waals surface area contributed by atoms with Crippen molar-refractivity contribution in [2.45, 2.75) is 96.1 Å². The highest BCUT2D eigenvalue weighted by atomic mass is 32.2. The lowest BCUT2D eigenvalue weighted by Gasteiger charge is -2.28. The van der Waals surface area contributed by atoms with Gasteiger partial charge < -0.3 is 4.74 Å². The maximum absolute atomic E-state index is 13.9. The van der Waals surface area contributed by atoms with Crippen LogP contribution in [0.4, 0.5) is 0 Å². The van der Waals surface area contributed by atoms with Gasteiger partial charge in [0.15, 0.2) is 9.84 Å². The van der Waals surface area contributed by atoms with Crippen LogP contribution in [0.15, 0.2) is 82.3 Å². The minimum absolute atomic E-state index is 0.336. The maximum atomic E-state index is 13.9. The number of allylic oxidation sites excluding steroid dienone is 5. The second kappa shape index (κ2) is 14.0.